The molecule has 0 atom stereocenters. The first-order chi connectivity index (χ1) is 9.63. The van der Waals surface area contributed by atoms with Crippen LogP contribution in [-0.4, -0.2) is 9.67 Å². The number of hydrogen-bond donors (Lipinski definition) is 1. The number of halogens is 1. The van der Waals surface area contributed by atoms with Gasteiger partial charge >= 0.3 is 0 Å². The molecule has 20 heavy (non-hydrogen) atoms. The van der Waals surface area contributed by atoms with Gasteiger partial charge in [-0.1, -0.05) is 17.7 Å². The van der Waals surface area contributed by atoms with Crippen LogP contribution in [-0.2, 0) is 13.7 Å². The van der Waals surface area contributed by atoms with Gasteiger partial charge in [0.05, 0.1) is 5.69 Å². The summed E-state index contributed by atoms with van der Waals surface area (Å²) >= 11 is 5.93. The minimum atomic E-state index is 0.269. The van der Waals surface area contributed by atoms with E-state index in [9.17, 15) is 5.11 Å². The third-order valence-electron chi connectivity index (χ3n) is 3.31. The molecule has 0 aliphatic rings. The molecule has 2 aromatic carbocycles. The van der Waals surface area contributed by atoms with Crippen LogP contribution < -0.4 is 4.74 Å². The fraction of sp³-hybridized carbons (Fsp3) is 0.125. The fourth-order valence-corrected chi connectivity index (χ4v) is 2.43. The molecule has 3 aromatic rings. The molecule has 0 fully saturated rings. The average Bonchev–Trinajstić information content (AvgIpc) is 2.72. The molecule has 1 heterocycles. The molecule has 0 spiro atoms. The molecule has 0 radical (unpaired) electrons. The van der Waals surface area contributed by atoms with Gasteiger partial charge in [0.15, 0.2) is 0 Å². The summed E-state index contributed by atoms with van der Waals surface area (Å²) in [4.78, 5) is 0. The van der Waals surface area contributed by atoms with Crippen molar-refractivity contribution in [2.24, 2.45) is 7.05 Å². The quantitative estimate of drug-likeness (QED) is 0.786. The van der Waals surface area contributed by atoms with Crippen molar-refractivity contribution in [2.75, 3.05) is 0 Å². The highest BCUT2D eigenvalue weighted by atomic mass is 35.5. The van der Waals surface area contributed by atoms with Crippen molar-refractivity contribution in [3.63, 3.8) is 0 Å². The summed E-state index contributed by atoms with van der Waals surface area (Å²) in [7, 11) is 1.98. The largest absolute Gasteiger partial charge is 0.508 e. The second-order valence-corrected chi connectivity index (χ2v) is 5.12. The van der Waals surface area contributed by atoms with Crippen LogP contribution in [0.5, 0.6) is 11.5 Å². The lowest BCUT2D eigenvalue weighted by Gasteiger charge is -2.07. The number of aromatic nitrogens is 1. The number of fused-ring (bicyclic) bond motifs is 1. The number of ether oxygens (including phenoxy) is 1. The monoisotopic (exact) mass is 287 g/mol. The van der Waals surface area contributed by atoms with Crippen LogP contribution >= 0.6 is 11.6 Å². The predicted molar refractivity (Wildman–Crippen MR) is 80.4 cm³/mol. The summed E-state index contributed by atoms with van der Waals surface area (Å²) in [5, 5.41) is 11.2. The molecule has 3 rings (SSSR count). The van der Waals surface area contributed by atoms with E-state index in [-0.39, 0.29) is 5.75 Å². The van der Waals surface area contributed by atoms with Crippen LogP contribution in [0.25, 0.3) is 10.9 Å². The van der Waals surface area contributed by atoms with Crippen LogP contribution in [0.3, 0.4) is 0 Å². The Hall–Kier alpha value is -2.13. The van der Waals surface area contributed by atoms with E-state index in [1.165, 1.54) is 0 Å². The van der Waals surface area contributed by atoms with Crippen LogP contribution in [0.4, 0.5) is 0 Å². The van der Waals surface area contributed by atoms with Crippen molar-refractivity contribution >= 4 is 22.5 Å². The van der Waals surface area contributed by atoms with Gasteiger partial charge in [-0.05, 0) is 42.5 Å². The molecule has 0 aliphatic heterocycles. The first kappa shape index (κ1) is 12.9. The van der Waals surface area contributed by atoms with Gasteiger partial charge in [0, 0.05) is 23.0 Å². The number of aryl methyl sites for hydroxylation is 1. The summed E-state index contributed by atoms with van der Waals surface area (Å²) in [5.41, 5.74) is 2.10. The van der Waals surface area contributed by atoms with E-state index in [1.54, 1.807) is 18.2 Å². The van der Waals surface area contributed by atoms with Crippen molar-refractivity contribution < 1.29 is 9.84 Å². The molecule has 102 valence electrons. The summed E-state index contributed by atoms with van der Waals surface area (Å²) in [5.74, 6) is 1.01. The number of aromatic hydroxyl groups is 1. The Morgan fingerprint density at radius 1 is 1.15 bits per heavy atom. The van der Waals surface area contributed by atoms with Crippen molar-refractivity contribution in [3.8, 4) is 11.5 Å². The Bertz CT molecular complexity index is 764. The van der Waals surface area contributed by atoms with E-state index < -0.39 is 0 Å². The van der Waals surface area contributed by atoms with Crippen molar-refractivity contribution in [1.29, 1.82) is 0 Å². The number of hydrogen-bond acceptors (Lipinski definition) is 2. The minimum absolute atomic E-state index is 0.269. The lowest BCUT2D eigenvalue weighted by atomic mass is 10.2. The smallest absolute Gasteiger partial charge is 0.128 e. The highest BCUT2D eigenvalue weighted by Gasteiger charge is 2.07. The lowest BCUT2D eigenvalue weighted by Crippen LogP contribution is -2.01. The molecule has 0 saturated heterocycles. The van der Waals surface area contributed by atoms with E-state index in [0.29, 0.717) is 11.6 Å². The Morgan fingerprint density at radius 3 is 2.80 bits per heavy atom. The summed E-state index contributed by atoms with van der Waals surface area (Å²) in [6.45, 7) is 0.451. The topological polar surface area (TPSA) is 34.4 Å². The molecule has 0 unspecified atom stereocenters. The minimum Gasteiger partial charge on any atom is -0.508 e. The van der Waals surface area contributed by atoms with E-state index in [2.05, 4.69) is 4.57 Å². The van der Waals surface area contributed by atoms with Crippen LogP contribution in [0.15, 0.2) is 48.5 Å². The molecular formula is C16H14ClNO2. The predicted octanol–water partition coefficient (Wildman–Crippen LogP) is 4.12. The Labute approximate surface area is 122 Å². The van der Waals surface area contributed by atoms with Gasteiger partial charge in [0.25, 0.3) is 0 Å². The van der Waals surface area contributed by atoms with Gasteiger partial charge in [0.1, 0.15) is 18.1 Å². The van der Waals surface area contributed by atoms with Crippen LogP contribution in [0.1, 0.15) is 5.69 Å². The normalized spacial score (nSPS) is 10.9. The SMILES string of the molecule is Cn1c(COc2cccc(Cl)c2)cc2cc(O)ccc21. The molecule has 4 heteroatoms. The van der Waals surface area contributed by atoms with Gasteiger partial charge in [-0.15, -0.1) is 0 Å². The van der Waals surface area contributed by atoms with E-state index in [4.69, 9.17) is 16.3 Å². The Kier molecular flexibility index (Phi) is 3.28. The first-order valence-electron chi connectivity index (χ1n) is 6.29. The number of phenols is 1. The second-order valence-electron chi connectivity index (χ2n) is 4.68. The number of benzene rings is 2. The van der Waals surface area contributed by atoms with Crippen molar-refractivity contribution in [3.05, 3.63) is 59.2 Å². The molecule has 1 N–H and O–H groups in total. The third kappa shape index (κ3) is 2.45. The zero-order valence-corrected chi connectivity index (χ0v) is 11.8. The van der Waals surface area contributed by atoms with E-state index in [1.807, 2.05) is 37.4 Å². The zero-order chi connectivity index (χ0) is 14.1. The Balaban J connectivity index is 1.86. The second kappa shape index (κ2) is 5.10. The standard InChI is InChI=1S/C16H14ClNO2/c1-18-13(7-11-8-14(19)5-6-16(11)18)10-20-15-4-2-3-12(17)9-15/h2-9,19H,10H2,1H3. The maximum absolute atomic E-state index is 9.51. The number of nitrogens with zero attached hydrogens (tertiary/aromatic N) is 1. The molecule has 0 bridgehead atoms. The molecule has 1 aromatic heterocycles. The van der Waals surface area contributed by atoms with E-state index in [0.717, 1.165) is 22.3 Å². The van der Waals surface area contributed by atoms with Crippen molar-refractivity contribution in [2.45, 2.75) is 6.61 Å². The van der Waals surface area contributed by atoms with Gasteiger partial charge in [-0.2, -0.15) is 0 Å². The van der Waals surface area contributed by atoms with Crippen LogP contribution in [0, 0.1) is 0 Å². The third-order valence-corrected chi connectivity index (χ3v) is 3.54. The van der Waals surface area contributed by atoms with Gasteiger partial charge in [0.2, 0.25) is 0 Å². The first-order valence-corrected chi connectivity index (χ1v) is 6.67. The zero-order valence-electron chi connectivity index (χ0n) is 11.0. The summed E-state index contributed by atoms with van der Waals surface area (Å²) < 4.78 is 7.80. The average molecular weight is 288 g/mol. The molecule has 0 aliphatic carbocycles. The highest BCUT2D eigenvalue weighted by molar-refractivity contribution is 6.30. The van der Waals surface area contributed by atoms with Gasteiger partial charge in [-0.3, -0.25) is 0 Å². The molecule has 0 amide bonds. The van der Waals surface area contributed by atoms with Gasteiger partial charge < -0.3 is 14.4 Å². The van der Waals surface area contributed by atoms with Crippen LogP contribution in [0.2, 0.25) is 5.02 Å². The number of phenolic OH excluding ortho intramolecular Hbond substituents is 1. The van der Waals surface area contributed by atoms with Gasteiger partial charge in [-0.25, -0.2) is 0 Å². The summed E-state index contributed by atoms with van der Waals surface area (Å²) in [6, 6.07) is 14.7. The molecule has 0 saturated carbocycles. The fourth-order valence-electron chi connectivity index (χ4n) is 2.25. The van der Waals surface area contributed by atoms with Crippen molar-refractivity contribution in [1.82, 2.24) is 4.57 Å². The maximum Gasteiger partial charge on any atom is 0.128 e. The summed E-state index contributed by atoms with van der Waals surface area (Å²) in [6.07, 6.45) is 0. The van der Waals surface area contributed by atoms with E-state index >= 15 is 0 Å². The molecular weight excluding hydrogens is 274 g/mol. The molecule has 3 nitrogen and oxygen atoms in total. The lowest BCUT2D eigenvalue weighted by molar-refractivity contribution is 0.298. The number of rotatable bonds is 3. The maximum atomic E-state index is 9.51. The highest BCUT2D eigenvalue weighted by Crippen LogP contribution is 2.24. The Morgan fingerprint density at radius 2 is 2.00 bits per heavy atom.